The van der Waals surface area contributed by atoms with Gasteiger partial charge in [0.1, 0.15) is 12.8 Å². The van der Waals surface area contributed by atoms with Gasteiger partial charge in [0, 0.05) is 0 Å². The molecular formula is C5H9N5O2. The van der Waals surface area contributed by atoms with Crippen LogP contribution in [-0.2, 0) is 4.84 Å². The van der Waals surface area contributed by atoms with Crippen molar-refractivity contribution in [3.63, 3.8) is 0 Å². The highest BCUT2D eigenvalue weighted by Gasteiger charge is 2.15. The maximum atomic E-state index is 10.7. The number of oxime groups is 1. The van der Waals surface area contributed by atoms with Crippen LogP contribution in [0.3, 0.4) is 0 Å². The van der Waals surface area contributed by atoms with E-state index in [1.54, 1.807) is 0 Å². The van der Waals surface area contributed by atoms with Crippen molar-refractivity contribution in [2.45, 2.75) is 0 Å². The Morgan fingerprint density at radius 2 is 2.67 bits per heavy atom. The molecular weight excluding hydrogens is 162 g/mol. The zero-order chi connectivity index (χ0) is 8.97. The van der Waals surface area contributed by atoms with E-state index in [2.05, 4.69) is 20.5 Å². The van der Waals surface area contributed by atoms with Crippen LogP contribution in [-0.4, -0.2) is 36.6 Å². The van der Waals surface area contributed by atoms with E-state index in [1.165, 1.54) is 13.3 Å². The summed E-state index contributed by atoms with van der Waals surface area (Å²) in [5.74, 6) is 5.28. The molecule has 0 radical (unpaired) electrons. The number of carbonyl (C=O) groups excluding carboxylic acids is 1. The van der Waals surface area contributed by atoms with Gasteiger partial charge < -0.3 is 4.84 Å². The molecule has 1 aliphatic rings. The molecule has 0 aromatic carbocycles. The van der Waals surface area contributed by atoms with E-state index in [4.69, 9.17) is 5.84 Å². The molecule has 0 saturated carbocycles. The lowest BCUT2D eigenvalue weighted by Crippen LogP contribution is -2.50. The van der Waals surface area contributed by atoms with Crippen molar-refractivity contribution in [2.75, 3.05) is 13.7 Å². The Labute approximate surface area is 68.8 Å². The molecule has 2 amide bonds. The Bertz CT molecular complexity index is 236. The van der Waals surface area contributed by atoms with Crippen molar-refractivity contribution in [2.24, 2.45) is 16.1 Å². The van der Waals surface area contributed by atoms with Crippen LogP contribution < -0.4 is 11.3 Å². The molecule has 0 saturated heterocycles. The zero-order valence-corrected chi connectivity index (χ0v) is 6.52. The smallest absolute Gasteiger partial charge is 0.352 e. The summed E-state index contributed by atoms with van der Waals surface area (Å²) in [7, 11) is 1.42. The number of nitrogens with one attached hydrogen (secondary N) is 1. The van der Waals surface area contributed by atoms with Gasteiger partial charge in [-0.3, -0.25) is 5.01 Å². The second-order valence-electron chi connectivity index (χ2n) is 2.07. The third-order valence-electron chi connectivity index (χ3n) is 1.20. The van der Waals surface area contributed by atoms with Crippen molar-refractivity contribution in [1.82, 2.24) is 10.4 Å². The van der Waals surface area contributed by atoms with Crippen LogP contribution in [0.5, 0.6) is 0 Å². The summed E-state index contributed by atoms with van der Waals surface area (Å²) >= 11 is 0. The number of carbonyl (C=O) groups is 1. The van der Waals surface area contributed by atoms with E-state index in [1.807, 2.05) is 0 Å². The maximum Gasteiger partial charge on any atom is 0.352 e. The largest absolute Gasteiger partial charge is 0.399 e. The normalized spacial score (nSPS) is 17.7. The van der Waals surface area contributed by atoms with E-state index in [0.29, 0.717) is 5.71 Å². The summed E-state index contributed by atoms with van der Waals surface area (Å²) in [5, 5.41) is 8.12. The van der Waals surface area contributed by atoms with Crippen molar-refractivity contribution in [3.05, 3.63) is 0 Å². The van der Waals surface area contributed by atoms with Crippen LogP contribution >= 0.6 is 0 Å². The monoisotopic (exact) mass is 171 g/mol. The van der Waals surface area contributed by atoms with Gasteiger partial charge in [-0.1, -0.05) is 5.16 Å². The fraction of sp³-hybridized carbons (Fsp3) is 0.400. The second kappa shape index (κ2) is 3.67. The molecule has 1 heterocycles. The Balaban J connectivity index is 2.58. The fourth-order valence-corrected chi connectivity index (χ4v) is 0.649. The van der Waals surface area contributed by atoms with Crippen LogP contribution in [0.25, 0.3) is 0 Å². The lowest BCUT2D eigenvalue weighted by molar-refractivity contribution is 0.203. The minimum Gasteiger partial charge on any atom is -0.399 e. The van der Waals surface area contributed by atoms with E-state index in [9.17, 15) is 4.79 Å². The average Bonchev–Trinajstić information content (AvgIpc) is 2.07. The molecule has 0 aliphatic carbocycles. The molecule has 12 heavy (non-hydrogen) atoms. The highest BCUT2D eigenvalue weighted by atomic mass is 16.6. The van der Waals surface area contributed by atoms with Gasteiger partial charge in [0.05, 0.1) is 12.8 Å². The molecule has 1 rings (SSSR count). The molecule has 0 fully saturated rings. The number of urea groups is 1. The molecule has 0 aromatic heterocycles. The van der Waals surface area contributed by atoms with Crippen LogP contribution in [0.1, 0.15) is 0 Å². The summed E-state index contributed by atoms with van der Waals surface area (Å²) < 4.78 is 0. The number of hydrazone groups is 1. The third-order valence-corrected chi connectivity index (χ3v) is 1.20. The average molecular weight is 171 g/mol. The van der Waals surface area contributed by atoms with Crippen molar-refractivity contribution >= 4 is 18.0 Å². The molecule has 0 bridgehead atoms. The van der Waals surface area contributed by atoms with Gasteiger partial charge in [0.2, 0.25) is 0 Å². The Morgan fingerprint density at radius 3 is 3.25 bits per heavy atom. The molecule has 7 heteroatoms. The van der Waals surface area contributed by atoms with Crippen LogP contribution in [0.4, 0.5) is 4.79 Å². The summed E-state index contributed by atoms with van der Waals surface area (Å²) in [5.41, 5.74) is 2.72. The number of hydrazine groups is 1. The molecule has 0 unspecified atom stereocenters. The first kappa shape index (κ1) is 8.47. The summed E-state index contributed by atoms with van der Waals surface area (Å²) in [4.78, 5) is 15.1. The molecule has 1 aliphatic heterocycles. The van der Waals surface area contributed by atoms with E-state index >= 15 is 0 Å². The SMILES string of the molecule is CO/N=C\C1=NNC(=O)N(N)C1. The minimum absolute atomic E-state index is 0.221. The number of hydrogen-bond acceptors (Lipinski definition) is 5. The minimum atomic E-state index is -0.440. The van der Waals surface area contributed by atoms with Gasteiger partial charge in [-0.15, -0.1) is 0 Å². The highest BCUT2D eigenvalue weighted by Crippen LogP contribution is 1.89. The van der Waals surface area contributed by atoms with Gasteiger partial charge in [-0.25, -0.2) is 16.1 Å². The lowest BCUT2D eigenvalue weighted by atomic mass is 10.4. The molecule has 66 valence electrons. The first-order valence-corrected chi connectivity index (χ1v) is 3.19. The van der Waals surface area contributed by atoms with Crippen molar-refractivity contribution < 1.29 is 9.63 Å². The number of amides is 2. The molecule has 3 N–H and O–H groups in total. The Morgan fingerprint density at radius 1 is 1.92 bits per heavy atom. The van der Waals surface area contributed by atoms with Gasteiger partial charge in [0.15, 0.2) is 0 Å². The van der Waals surface area contributed by atoms with E-state index in [-0.39, 0.29) is 6.54 Å². The maximum absolute atomic E-state index is 10.7. The van der Waals surface area contributed by atoms with Gasteiger partial charge >= 0.3 is 6.03 Å². The van der Waals surface area contributed by atoms with Gasteiger partial charge in [-0.2, -0.15) is 5.10 Å². The zero-order valence-electron chi connectivity index (χ0n) is 6.52. The third kappa shape index (κ3) is 1.92. The number of hydrogen-bond donors (Lipinski definition) is 2. The summed E-state index contributed by atoms with van der Waals surface area (Å²) in [6.45, 7) is 0.221. The molecule has 0 spiro atoms. The lowest BCUT2D eigenvalue weighted by Gasteiger charge is -2.19. The quantitative estimate of drug-likeness (QED) is 0.238. The first-order valence-electron chi connectivity index (χ1n) is 3.19. The van der Waals surface area contributed by atoms with Crippen molar-refractivity contribution in [1.29, 1.82) is 0 Å². The van der Waals surface area contributed by atoms with Crippen LogP contribution in [0, 0.1) is 0 Å². The topological polar surface area (TPSA) is 92.3 Å². The Hall–Kier alpha value is -1.63. The van der Waals surface area contributed by atoms with Crippen molar-refractivity contribution in [3.8, 4) is 0 Å². The van der Waals surface area contributed by atoms with Gasteiger partial charge in [-0.05, 0) is 0 Å². The number of nitrogens with zero attached hydrogens (tertiary/aromatic N) is 3. The predicted octanol–water partition coefficient (Wildman–Crippen LogP) is -1.13. The molecule has 0 aromatic rings. The number of nitrogens with two attached hydrogens (primary N) is 1. The van der Waals surface area contributed by atoms with Crippen LogP contribution in [0.2, 0.25) is 0 Å². The first-order chi connectivity index (χ1) is 5.74. The number of rotatable bonds is 2. The second-order valence-corrected chi connectivity index (χ2v) is 2.07. The standard InChI is InChI=1S/C5H9N5O2/c1-12-7-2-4-3-10(6)5(11)9-8-4/h2H,3,6H2,1H3,(H,9,11)/b7-2-. The fourth-order valence-electron chi connectivity index (χ4n) is 0.649. The molecule has 0 atom stereocenters. The van der Waals surface area contributed by atoms with Crippen LogP contribution in [0.15, 0.2) is 10.3 Å². The highest BCUT2D eigenvalue weighted by molar-refractivity contribution is 6.32. The summed E-state index contributed by atoms with van der Waals surface area (Å²) in [6.07, 6.45) is 1.37. The van der Waals surface area contributed by atoms with E-state index < -0.39 is 6.03 Å². The Kier molecular flexibility index (Phi) is 2.59. The predicted molar refractivity (Wildman–Crippen MR) is 42.4 cm³/mol. The van der Waals surface area contributed by atoms with E-state index in [0.717, 1.165) is 5.01 Å². The molecule has 7 nitrogen and oxygen atoms in total. The van der Waals surface area contributed by atoms with Gasteiger partial charge in [0.25, 0.3) is 0 Å². The summed E-state index contributed by atoms with van der Waals surface area (Å²) in [6, 6.07) is -0.440.